The molecule has 1 fully saturated rings. The Hall–Kier alpha value is -1.45. The van der Waals surface area contributed by atoms with Crippen LogP contribution in [0.15, 0.2) is 12.5 Å². The van der Waals surface area contributed by atoms with E-state index in [4.69, 9.17) is 0 Å². The van der Waals surface area contributed by atoms with Gasteiger partial charge in [0.25, 0.3) is 0 Å². The average Bonchev–Trinajstić information content (AvgIpc) is 2.51. The van der Waals surface area contributed by atoms with Crippen molar-refractivity contribution >= 4 is 5.91 Å². The summed E-state index contributed by atoms with van der Waals surface area (Å²) in [4.78, 5) is 20.5. The monoisotopic (exact) mass is 303 g/mol. The zero-order chi connectivity index (χ0) is 16.0. The maximum absolute atomic E-state index is 12.1. The number of hydrogen-bond acceptors (Lipinski definition) is 3. The molecule has 0 radical (unpaired) electrons. The summed E-state index contributed by atoms with van der Waals surface area (Å²) < 4.78 is 0. The van der Waals surface area contributed by atoms with E-state index in [0.717, 1.165) is 23.6 Å². The Morgan fingerprint density at radius 1 is 1.27 bits per heavy atom. The van der Waals surface area contributed by atoms with Crippen molar-refractivity contribution in [3.63, 3.8) is 0 Å². The molecule has 1 aliphatic rings. The third-order valence-corrected chi connectivity index (χ3v) is 4.48. The van der Waals surface area contributed by atoms with Crippen molar-refractivity contribution in [1.29, 1.82) is 0 Å². The van der Waals surface area contributed by atoms with Crippen LogP contribution in [0.2, 0.25) is 0 Å². The highest BCUT2D eigenvalue weighted by Crippen LogP contribution is 2.27. The molecule has 0 saturated heterocycles. The highest BCUT2D eigenvalue weighted by Gasteiger charge is 2.20. The summed E-state index contributed by atoms with van der Waals surface area (Å²) in [6.07, 6.45) is 11.7. The van der Waals surface area contributed by atoms with Gasteiger partial charge in [-0.2, -0.15) is 0 Å². The molecule has 1 aromatic rings. The average molecular weight is 303 g/mol. The van der Waals surface area contributed by atoms with E-state index in [9.17, 15) is 4.79 Å². The molecule has 0 aliphatic heterocycles. The second kappa shape index (κ2) is 7.70. The third kappa shape index (κ3) is 5.08. The largest absolute Gasteiger partial charge is 0.352 e. The number of amides is 1. The molecule has 1 aliphatic carbocycles. The highest BCUT2D eigenvalue weighted by molar-refractivity contribution is 5.75. The number of nitrogens with one attached hydrogen (secondary N) is 1. The molecule has 22 heavy (non-hydrogen) atoms. The lowest BCUT2D eigenvalue weighted by Crippen LogP contribution is -2.26. The summed E-state index contributed by atoms with van der Waals surface area (Å²) in [5.74, 6) is 0.902. The Morgan fingerprint density at radius 2 is 2.00 bits per heavy atom. The van der Waals surface area contributed by atoms with Crippen LogP contribution in [-0.4, -0.2) is 15.9 Å². The van der Waals surface area contributed by atoms with Crippen LogP contribution in [0.4, 0.5) is 0 Å². The topological polar surface area (TPSA) is 54.9 Å². The van der Waals surface area contributed by atoms with Gasteiger partial charge in [-0.05, 0) is 12.3 Å². The predicted molar refractivity (Wildman–Crippen MR) is 88.4 cm³/mol. The predicted octanol–water partition coefficient (Wildman–Crippen LogP) is 3.75. The molecule has 1 amide bonds. The van der Waals surface area contributed by atoms with Crippen LogP contribution in [0.1, 0.15) is 77.0 Å². The highest BCUT2D eigenvalue weighted by atomic mass is 16.1. The second-order valence-corrected chi connectivity index (χ2v) is 7.47. The Kier molecular flexibility index (Phi) is 5.92. The molecule has 1 aromatic heterocycles. The molecule has 4 heteroatoms. The Morgan fingerprint density at radius 3 is 2.68 bits per heavy atom. The number of rotatable bonds is 5. The first-order chi connectivity index (χ1) is 10.5. The van der Waals surface area contributed by atoms with Crippen molar-refractivity contribution in [1.82, 2.24) is 15.3 Å². The van der Waals surface area contributed by atoms with Crippen LogP contribution in [-0.2, 0) is 16.8 Å². The van der Waals surface area contributed by atoms with Gasteiger partial charge in [0.05, 0.1) is 5.69 Å². The van der Waals surface area contributed by atoms with Gasteiger partial charge >= 0.3 is 0 Å². The minimum absolute atomic E-state index is 0.0366. The van der Waals surface area contributed by atoms with Crippen molar-refractivity contribution in [3.8, 4) is 0 Å². The second-order valence-electron chi connectivity index (χ2n) is 7.47. The van der Waals surface area contributed by atoms with Gasteiger partial charge in [-0.3, -0.25) is 4.79 Å². The molecule has 4 nitrogen and oxygen atoms in total. The van der Waals surface area contributed by atoms with Crippen LogP contribution in [0.3, 0.4) is 0 Å². The number of carbonyl (C=O) groups excluding carboxylic acids is 1. The van der Waals surface area contributed by atoms with Crippen molar-refractivity contribution in [2.24, 2.45) is 5.92 Å². The van der Waals surface area contributed by atoms with Crippen LogP contribution < -0.4 is 5.32 Å². The minimum atomic E-state index is -0.0366. The van der Waals surface area contributed by atoms with Crippen LogP contribution in [0.5, 0.6) is 0 Å². The van der Waals surface area contributed by atoms with Gasteiger partial charge in [0.1, 0.15) is 6.33 Å². The van der Waals surface area contributed by atoms with Gasteiger partial charge < -0.3 is 5.32 Å². The molecule has 0 spiro atoms. The molecule has 2 rings (SSSR count). The minimum Gasteiger partial charge on any atom is -0.352 e. The van der Waals surface area contributed by atoms with E-state index in [1.807, 2.05) is 6.20 Å². The molecule has 1 saturated carbocycles. The summed E-state index contributed by atoms with van der Waals surface area (Å²) in [6.45, 7) is 6.91. The standard InChI is InChI=1S/C18H29N3O/c1-18(2,3)17-15(11-19-13-21-17)12-20-16(22)10-9-14-7-5-4-6-8-14/h11,13-14H,4-10,12H2,1-3H3,(H,20,22). The SMILES string of the molecule is CC(C)(C)c1ncncc1CNC(=O)CCC1CCCCC1. The number of hydrogen-bond donors (Lipinski definition) is 1. The summed E-state index contributed by atoms with van der Waals surface area (Å²) >= 11 is 0. The van der Waals surface area contributed by atoms with E-state index in [1.54, 1.807) is 6.33 Å². The van der Waals surface area contributed by atoms with Gasteiger partial charge in [0.2, 0.25) is 5.91 Å². The van der Waals surface area contributed by atoms with Gasteiger partial charge in [0.15, 0.2) is 0 Å². The third-order valence-electron chi connectivity index (χ3n) is 4.48. The fraction of sp³-hybridized carbons (Fsp3) is 0.722. The van der Waals surface area contributed by atoms with Crippen LogP contribution in [0, 0.1) is 5.92 Å². The first-order valence-electron chi connectivity index (χ1n) is 8.53. The Balaban J connectivity index is 1.81. The maximum Gasteiger partial charge on any atom is 0.220 e. The first kappa shape index (κ1) is 16.9. The first-order valence-corrected chi connectivity index (χ1v) is 8.53. The van der Waals surface area contributed by atoms with Crippen molar-refractivity contribution in [2.45, 2.75) is 77.7 Å². The van der Waals surface area contributed by atoms with Crippen molar-refractivity contribution in [3.05, 3.63) is 23.8 Å². The van der Waals surface area contributed by atoms with E-state index in [0.29, 0.717) is 13.0 Å². The summed E-state index contributed by atoms with van der Waals surface area (Å²) in [7, 11) is 0. The van der Waals surface area contributed by atoms with Crippen LogP contribution in [0.25, 0.3) is 0 Å². The van der Waals surface area contributed by atoms with E-state index >= 15 is 0 Å². The van der Waals surface area contributed by atoms with Gasteiger partial charge in [0, 0.05) is 30.1 Å². The number of nitrogens with zero attached hydrogens (tertiary/aromatic N) is 2. The molecule has 122 valence electrons. The zero-order valence-electron chi connectivity index (χ0n) is 14.2. The Labute approximate surface area is 134 Å². The molecular weight excluding hydrogens is 274 g/mol. The molecule has 0 aromatic carbocycles. The maximum atomic E-state index is 12.1. The molecule has 0 unspecified atom stereocenters. The summed E-state index contributed by atoms with van der Waals surface area (Å²) in [5.41, 5.74) is 1.99. The molecule has 0 bridgehead atoms. The normalized spacial score (nSPS) is 16.5. The van der Waals surface area contributed by atoms with Gasteiger partial charge in [-0.1, -0.05) is 52.9 Å². The van der Waals surface area contributed by atoms with Gasteiger partial charge in [-0.25, -0.2) is 9.97 Å². The van der Waals surface area contributed by atoms with E-state index in [-0.39, 0.29) is 11.3 Å². The Bertz CT molecular complexity index is 487. The summed E-state index contributed by atoms with van der Waals surface area (Å²) in [5, 5.41) is 3.03. The van der Waals surface area contributed by atoms with Crippen molar-refractivity contribution in [2.75, 3.05) is 0 Å². The molecule has 1 N–H and O–H groups in total. The molecule has 0 atom stereocenters. The van der Waals surface area contributed by atoms with E-state index in [1.165, 1.54) is 32.1 Å². The smallest absolute Gasteiger partial charge is 0.220 e. The fourth-order valence-corrected chi connectivity index (χ4v) is 3.26. The fourth-order valence-electron chi connectivity index (χ4n) is 3.26. The lowest BCUT2D eigenvalue weighted by Gasteiger charge is -2.22. The lowest BCUT2D eigenvalue weighted by atomic mass is 9.86. The summed E-state index contributed by atoms with van der Waals surface area (Å²) in [6, 6.07) is 0. The van der Waals surface area contributed by atoms with Crippen LogP contribution >= 0.6 is 0 Å². The molecule has 1 heterocycles. The van der Waals surface area contributed by atoms with E-state index < -0.39 is 0 Å². The number of aromatic nitrogens is 2. The van der Waals surface area contributed by atoms with E-state index in [2.05, 4.69) is 36.1 Å². The number of carbonyl (C=O) groups is 1. The van der Waals surface area contributed by atoms with Gasteiger partial charge in [-0.15, -0.1) is 0 Å². The molecular formula is C18H29N3O. The lowest BCUT2D eigenvalue weighted by molar-refractivity contribution is -0.121. The zero-order valence-corrected chi connectivity index (χ0v) is 14.2. The quantitative estimate of drug-likeness (QED) is 0.901. The van der Waals surface area contributed by atoms with Crippen molar-refractivity contribution < 1.29 is 4.79 Å².